The summed E-state index contributed by atoms with van der Waals surface area (Å²) in [6, 6.07) is 27.1. The van der Waals surface area contributed by atoms with Crippen LogP contribution in [0.25, 0.3) is 22.2 Å². The Balaban J connectivity index is 1.52. The van der Waals surface area contributed by atoms with E-state index < -0.39 is 0 Å². The van der Waals surface area contributed by atoms with E-state index in [4.69, 9.17) is 28.2 Å². The minimum absolute atomic E-state index is 0.293. The van der Waals surface area contributed by atoms with Gasteiger partial charge in [0, 0.05) is 41.5 Å². The zero-order chi connectivity index (χ0) is 23.8. The van der Waals surface area contributed by atoms with Gasteiger partial charge in [0.2, 0.25) is 0 Å². The van der Waals surface area contributed by atoms with Crippen molar-refractivity contribution >= 4 is 51.9 Å². The first-order valence-electron chi connectivity index (χ1n) is 10.9. The Morgan fingerprint density at radius 2 is 1.59 bits per heavy atom. The van der Waals surface area contributed by atoms with Crippen LogP contribution in [-0.4, -0.2) is 42.0 Å². The van der Waals surface area contributed by atoms with Crippen LogP contribution in [0.3, 0.4) is 0 Å². The van der Waals surface area contributed by atoms with E-state index in [1.165, 1.54) is 0 Å². The lowest BCUT2D eigenvalue weighted by atomic mass is 10.0. The molecule has 1 N–H and O–H groups in total. The Kier molecular flexibility index (Phi) is 8.12. The van der Waals surface area contributed by atoms with E-state index in [1.54, 1.807) is 12.3 Å². The van der Waals surface area contributed by atoms with Crippen molar-refractivity contribution in [2.45, 2.75) is 0 Å². The van der Waals surface area contributed by atoms with Crippen LogP contribution in [0.1, 0.15) is 15.9 Å². The number of nitrogens with zero attached hydrogens (tertiary/aromatic N) is 3. The molecular weight excluding hydrogens is 467 g/mol. The average Bonchev–Trinajstić information content (AvgIpc) is 2.89. The number of pyridine rings is 1. The third-order valence-corrected chi connectivity index (χ3v) is 5.72. The average molecular weight is 491 g/mol. The molecule has 0 aliphatic heterocycles. The quantitative estimate of drug-likeness (QED) is 0.179. The van der Waals surface area contributed by atoms with Crippen molar-refractivity contribution in [1.29, 1.82) is 0 Å². The van der Waals surface area contributed by atoms with Gasteiger partial charge in [0.1, 0.15) is 0 Å². The van der Waals surface area contributed by atoms with Gasteiger partial charge in [-0.2, -0.15) is 5.10 Å². The van der Waals surface area contributed by atoms with Crippen LogP contribution in [0.2, 0.25) is 0 Å². The second kappa shape index (κ2) is 11.6. The van der Waals surface area contributed by atoms with Crippen molar-refractivity contribution in [2.75, 3.05) is 29.7 Å². The normalized spacial score (nSPS) is 11.1. The van der Waals surface area contributed by atoms with E-state index in [1.807, 2.05) is 78.9 Å². The predicted molar refractivity (Wildman–Crippen MR) is 142 cm³/mol. The number of hydrogen-bond acceptors (Lipinski definition) is 4. The summed E-state index contributed by atoms with van der Waals surface area (Å²) in [4.78, 5) is 19.9. The molecule has 0 fully saturated rings. The maximum atomic E-state index is 13.0. The van der Waals surface area contributed by atoms with Crippen molar-refractivity contribution in [2.24, 2.45) is 5.10 Å². The van der Waals surface area contributed by atoms with Gasteiger partial charge in [0.15, 0.2) is 0 Å². The van der Waals surface area contributed by atoms with Gasteiger partial charge in [-0.25, -0.2) is 10.4 Å². The van der Waals surface area contributed by atoms with Crippen molar-refractivity contribution in [3.8, 4) is 11.3 Å². The first-order valence-corrected chi connectivity index (χ1v) is 12.0. The second-order valence-electron chi connectivity index (χ2n) is 7.59. The zero-order valence-corrected chi connectivity index (χ0v) is 20.0. The molecular formula is C27H24Cl2N4O. The van der Waals surface area contributed by atoms with E-state index in [0.717, 1.165) is 46.5 Å². The summed E-state index contributed by atoms with van der Waals surface area (Å²) >= 11 is 11.8. The van der Waals surface area contributed by atoms with Gasteiger partial charge < -0.3 is 4.90 Å². The van der Waals surface area contributed by atoms with Gasteiger partial charge >= 0.3 is 0 Å². The Morgan fingerprint density at radius 1 is 0.912 bits per heavy atom. The number of nitrogens with one attached hydrogen (secondary N) is 1. The summed E-state index contributed by atoms with van der Waals surface area (Å²) in [7, 11) is 0. The van der Waals surface area contributed by atoms with Gasteiger partial charge in [-0.15, -0.1) is 23.2 Å². The summed E-state index contributed by atoms with van der Waals surface area (Å²) in [5, 5.41) is 4.95. The second-order valence-corrected chi connectivity index (χ2v) is 8.35. The minimum atomic E-state index is -0.293. The van der Waals surface area contributed by atoms with Crippen molar-refractivity contribution in [3.05, 3.63) is 96.1 Å². The van der Waals surface area contributed by atoms with Crippen molar-refractivity contribution in [3.63, 3.8) is 0 Å². The van der Waals surface area contributed by atoms with Gasteiger partial charge in [0.05, 0.1) is 23.0 Å². The van der Waals surface area contributed by atoms with Crippen LogP contribution in [0.15, 0.2) is 90.0 Å². The molecule has 4 rings (SSSR count). The fourth-order valence-corrected chi connectivity index (χ4v) is 4.10. The molecule has 0 unspecified atom stereocenters. The maximum absolute atomic E-state index is 13.0. The third kappa shape index (κ3) is 5.74. The topological polar surface area (TPSA) is 57.6 Å². The molecule has 5 nitrogen and oxygen atoms in total. The molecule has 0 aliphatic carbocycles. The Labute approximate surface area is 209 Å². The molecule has 7 heteroatoms. The van der Waals surface area contributed by atoms with Gasteiger partial charge in [-0.1, -0.05) is 60.7 Å². The van der Waals surface area contributed by atoms with Crippen LogP contribution in [0.4, 0.5) is 5.69 Å². The first kappa shape index (κ1) is 23.7. The first-order chi connectivity index (χ1) is 16.7. The highest BCUT2D eigenvalue weighted by Crippen LogP contribution is 2.24. The fraction of sp³-hybridized carbons (Fsp3) is 0.148. The Hall–Kier alpha value is -3.41. The van der Waals surface area contributed by atoms with Crippen LogP contribution >= 0.6 is 23.2 Å². The lowest BCUT2D eigenvalue weighted by Gasteiger charge is -2.22. The van der Waals surface area contributed by atoms with Gasteiger partial charge in [-0.3, -0.25) is 4.79 Å². The molecule has 0 aliphatic rings. The number of carbonyl (C=O) groups is 1. The molecule has 0 bridgehead atoms. The van der Waals surface area contributed by atoms with Crippen LogP contribution in [-0.2, 0) is 0 Å². The fourth-order valence-electron chi connectivity index (χ4n) is 3.69. The maximum Gasteiger partial charge on any atom is 0.272 e. The molecule has 0 saturated carbocycles. The van der Waals surface area contributed by atoms with E-state index in [-0.39, 0.29) is 5.91 Å². The van der Waals surface area contributed by atoms with Crippen molar-refractivity contribution < 1.29 is 4.79 Å². The van der Waals surface area contributed by atoms with E-state index >= 15 is 0 Å². The number of aromatic nitrogens is 1. The predicted octanol–water partition coefficient (Wildman–Crippen LogP) is 5.95. The lowest BCUT2D eigenvalue weighted by Crippen LogP contribution is -2.27. The summed E-state index contributed by atoms with van der Waals surface area (Å²) in [6.45, 7) is 1.45. The SMILES string of the molecule is O=C(N/N=C/c1ccc(N(CCCl)CCCl)cc1)c1cc(-c2ccccc2)nc2ccccc12. The monoisotopic (exact) mass is 490 g/mol. The molecule has 4 aromatic rings. The van der Waals surface area contributed by atoms with Crippen molar-refractivity contribution in [1.82, 2.24) is 10.4 Å². The summed E-state index contributed by atoms with van der Waals surface area (Å²) < 4.78 is 0. The summed E-state index contributed by atoms with van der Waals surface area (Å²) in [5.74, 6) is 0.767. The van der Waals surface area contributed by atoms with Gasteiger partial charge in [-0.05, 0) is 29.8 Å². The number of rotatable bonds is 9. The molecule has 0 atom stereocenters. The zero-order valence-electron chi connectivity index (χ0n) is 18.5. The molecule has 172 valence electrons. The number of anilines is 1. The molecule has 3 aromatic carbocycles. The lowest BCUT2D eigenvalue weighted by molar-refractivity contribution is 0.0956. The van der Waals surface area contributed by atoms with E-state index in [2.05, 4.69) is 15.4 Å². The standard InChI is InChI=1S/C27H24Cl2N4O/c28-14-16-33(17-15-29)22-12-10-20(11-13-22)19-30-32-27(34)24-18-26(21-6-2-1-3-7-21)31-25-9-5-4-8-23(24)25/h1-13,18-19H,14-17H2,(H,32,34)/b30-19+. The number of carbonyl (C=O) groups excluding carboxylic acids is 1. The van der Waals surface area contributed by atoms with E-state index in [0.29, 0.717) is 17.3 Å². The molecule has 34 heavy (non-hydrogen) atoms. The highest BCUT2D eigenvalue weighted by atomic mass is 35.5. The number of para-hydroxylation sites is 1. The molecule has 1 heterocycles. The number of fused-ring (bicyclic) bond motifs is 1. The minimum Gasteiger partial charge on any atom is -0.369 e. The number of hydrogen-bond donors (Lipinski definition) is 1. The summed E-state index contributed by atoms with van der Waals surface area (Å²) in [6.07, 6.45) is 1.62. The highest BCUT2D eigenvalue weighted by Gasteiger charge is 2.13. The Morgan fingerprint density at radius 3 is 2.29 bits per heavy atom. The molecule has 0 radical (unpaired) electrons. The smallest absolute Gasteiger partial charge is 0.272 e. The molecule has 1 aromatic heterocycles. The third-order valence-electron chi connectivity index (χ3n) is 5.38. The Bertz CT molecular complexity index is 1270. The summed E-state index contributed by atoms with van der Waals surface area (Å²) in [5.41, 5.74) is 7.53. The largest absolute Gasteiger partial charge is 0.369 e. The molecule has 0 spiro atoms. The van der Waals surface area contributed by atoms with Crippen LogP contribution in [0.5, 0.6) is 0 Å². The molecule has 0 saturated heterocycles. The van der Waals surface area contributed by atoms with Gasteiger partial charge in [0.25, 0.3) is 5.91 Å². The number of hydrazone groups is 1. The van der Waals surface area contributed by atoms with E-state index in [9.17, 15) is 4.79 Å². The number of benzene rings is 3. The molecule has 1 amide bonds. The number of alkyl halides is 2. The number of amides is 1. The number of halogens is 2. The van der Waals surface area contributed by atoms with Crippen LogP contribution < -0.4 is 10.3 Å². The van der Waals surface area contributed by atoms with Crippen LogP contribution in [0, 0.1) is 0 Å². The highest BCUT2D eigenvalue weighted by molar-refractivity contribution is 6.18.